The molecule has 8 nitrogen and oxygen atoms in total. The molecular weight excluding hydrogens is 621 g/mol. The number of nitrogens with zero attached hydrogens (tertiary/aromatic N) is 3. The molecule has 1 aliphatic rings. The van der Waals surface area contributed by atoms with Crippen LogP contribution in [-0.2, 0) is 32.6 Å². The summed E-state index contributed by atoms with van der Waals surface area (Å²) in [5.74, 6) is 1.61. The maximum atomic E-state index is 13.7. The zero-order valence-electron chi connectivity index (χ0n) is 28.6. The average molecular weight is 669 g/mol. The molecule has 3 aromatic carbocycles. The molecule has 254 valence electrons. The highest BCUT2D eigenvalue weighted by Gasteiger charge is 2.20. The highest BCUT2D eigenvalue weighted by atomic mass is 32.2. The zero-order valence-corrected chi connectivity index (χ0v) is 29.4. The third kappa shape index (κ3) is 9.45. The molecule has 9 heteroatoms. The molecule has 1 aliphatic heterocycles. The van der Waals surface area contributed by atoms with E-state index in [2.05, 4.69) is 76.9 Å². The van der Waals surface area contributed by atoms with Gasteiger partial charge in [0.15, 0.2) is 0 Å². The summed E-state index contributed by atoms with van der Waals surface area (Å²) in [6.45, 7) is 13.0. The number of rotatable bonds is 15. The van der Waals surface area contributed by atoms with Gasteiger partial charge >= 0.3 is 0 Å². The fourth-order valence-electron chi connectivity index (χ4n) is 5.92. The maximum Gasteiger partial charge on any atom is 0.251 e. The summed E-state index contributed by atoms with van der Waals surface area (Å²) in [5.41, 5.74) is 6.71. The largest absolute Gasteiger partial charge is 0.491 e. The molecule has 0 radical (unpaired) electrons. The number of aryl methyl sites for hydroxylation is 1. The van der Waals surface area contributed by atoms with Crippen molar-refractivity contribution in [1.29, 1.82) is 0 Å². The van der Waals surface area contributed by atoms with Crippen LogP contribution in [0.4, 0.5) is 11.4 Å². The molecule has 1 amide bonds. The van der Waals surface area contributed by atoms with Crippen molar-refractivity contribution < 1.29 is 18.5 Å². The first-order chi connectivity index (χ1) is 23.3. The molecule has 2 heterocycles. The number of amides is 1. The topological polar surface area (TPSA) is 85.7 Å². The van der Waals surface area contributed by atoms with E-state index in [9.17, 15) is 9.00 Å². The van der Waals surface area contributed by atoms with Crippen LogP contribution in [-0.4, -0.2) is 52.6 Å². The van der Waals surface area contributed by atoms with E-state index in [4.69, 9.17) is 9.47 Å². The third-order valence-electron chi connectivity index (χ3n) is 8.25. The molecular formula is C39H48N4O4S. The lowest BCUT2D eigenvalue weighted by Gasteiger charge is -2.30. The van der Waals surface area contributed by atoms with Gasteiger partial charge in [-0.25, -0.2) is 4.98 Å². The Morgan fingerprint density at radius 1 is 1.00 bits per heavy atom. The first-order valence-electron chi connectivity index (χ1n) is 17.0. The molecule has 0 saturated heterocycles. The van der Waals surface area contributed by atoms with Gasteiger partial charge in [0.05, 0.1) is 35.2 Å². The van der Waals surface area contributed by atoms with E-state index in [0.29, 0.717) is 43.6 Å². The molecule has 1 N–H and O–H groups in total. The molecule has 48 heavy (non-hydrogen) atoms. The highest BCUT2D eigenvalue weighted by Crippen LogP contribution is 2.33. The van der Waals surface area contributed by atoms with Crippen molar-refractivity contribution in [3.05, 3.63) is 96.1 Å². The molecule has 1 aromatic heterocycles. The zero-order chi connectivity index (χ0) is 33.9. The lowest BCUT2D eigenvalue weighted by Crippen LogP contribution is -2.30. The van der Waals surface area contributed by atoms with Crippen molar-refractivity contribution >= 4 is 34.2 Å². The quantitative estimate of drug-likeness (QED) is 0.129. The van der Waals surface area contributed by atoms with Crippen molar-refractivity contribution in [3.63, 3.8) is 0 Å². The van der Waals surface area contributed by atoms with Gasteiger partial charge in [0.25, 0.3) is 5.91 Å². The second-order valence-corrected chi connectivity index (χ2v) is 14.0. The third-order valence-corrected chi connectivity index (χ3v) is 9.61. The van der Waals surface area contributed by atoms with Crippen molar-refractivity contribution in [3.8, 4) is 16.9 Å². The van der Waals surface area contributed by atoms with Crippen molar-refractivity contribution in [2.24, 2.45) is 5.92 Å². The average Bonchev–Trinajstić information content (AvgIpc) is 3.51. The van der Waals surface area contributed by atoms with Gasteiger partial charge in [-0.05, 0) is 103 Å². The minimum absolute atomic E-state index is 0.116. The number of hydrogen-bond acceptors (Lipinski definition) is 6. The lowest BCUT2D eigenvalue weighted by molar-refractivity contribution is -0.112. The van der Waals surface area contributed by atoms with Crippen molar-refractivity contribution in [2.45, 2.75) is 64.2 Å². The van der Waals surface area contributed by atoms with Crippen LogP contribution in [0.3, 0.4) is 0 Å². The Morgan fingerprint density at radius 2 is 1.77 bits per heavy atom. The molecule has 0 fully saturated rings. The number of nitrogens with one attached hydrogen (secondary N) is 1. The lowest BCUT2D eigenvalue weighted by atomic mass is 9.96. The van der Waals surface area contributed by atoms with Crippen LogP contribution in [0.2, 0.25) is 0 Å². The molecule has 0 spiro atoms. The number of fused-ring (bicyclic) bond motifs is 1. The number of aromatic nitrogens is 2. The van der Waals surface area contributed by atoms with Crippen LogP contribution in [0.5, 0.6) is 5.75 Å². The fraction of sp³-hybridized carbons (Fsp3) is 0.385. The van der Waals surface area contributed by atoms with Gasteiger partial charge in [0.2, 0.25) is 0 Å². The van der Waals surface area contributed by atoms with Gasteiger partial charge in [0, 0.05) is 54.3 Å². The Hall–Kier alpha value is -4.21. The van der Waals surface area contributed by atoms with Crippen molar-refractivity contribution in [1.82, 2.24) is 9.55 Å². The maximum absolute atomic E-state index is 13.7. The Kier molecular flexibility index (Phi) is 12.6. The first kappa shape index (κ1) is 35.1. The molecule has 5 rings (SSSR count). The summed E-state index contributed by atoms with van der Waals surface area (Å²) in [6, 6.07) is 22.0. The van der Waals surface area contributed by atoms with Crippen LogP contribution in [0.25, 0.3) is 17.2 Å². The minimum atomic E-state index is -1.21. The number of imidazole rings is 1. The van der Waals surface area contributed by atoms with Gasteiger partial charge in [-0.2, -0.15) is 0 Å². The van der Waals surface area contributed by atoms with E-state index >= 15 is 0 Å². The highest BCUT2D eigenvalue weighted by molar-refractivity contribution is 7.84. The van der Waals surface area contributed by atoms with Gasteiger partial charge in [-0.3, -0.25) is 9.00 Å². The van der Waals surface area contributed by atoms with Gasteiger partial charge < -0.3 is 24.3 Å². The van der Waals surface area contributed by atoms with Gasteiger partial charge in [-0.15, -0.1) is 0 Å². The number of benzene rings is 3. The summed E-state index contributed by atoms with van der Waals surface area (Å²) < 4.78 is 26.3. The Bertz CT molecular complexity index is 1700. The van der Waals surface area contributed by atoms with Crippen LogP contribution < -0.4 is 15.0 Å². The number of carbonyl (C=O) groups is 1. The van der Waals surface area contributed by atoms with E-state index in [-0.39, 0.29) is 5.91 Å². The van der Waals surface area contributed by atoms with E-state index in [1.54, 1.807) is 12.5 Å². The minimum Gasteiger partial charge on any atom is -0.491 e. The molecule has 0 aliphatic carbocycles. The number of ether oxygens (including phenoxy) is 2. The number of carbonyl (C=O) groups excluding carboxylic acids is 1. The molecule has 1 unspecified atom stereocenters. The Labute approximate surface area is 287 Å². The monoisotopic (exact) mass is 668 g/mol. The van der Waals surface area contributed by atoms with Crippen LogP contribution in [0.15, 0.2) is 89.7 Å². The standard InChI is InChI=1S/C39H48N4O4S/c1-5-19-43-28-40-25-35(43)27-48(45)37-16-12-34(13-17-37)41-39(44)32-8-7-20-42(26-29(3)4)38-18-11-31(23-33(38)24-32)30-9-14-36(15-10-30)47-22-21-46-6-2/h9-18,23-25,28-29H,5-8,19-22,26-27H2,1-4H3,(H,41,44). The number of anilines is 2. The smallest absolute Gasteiger partial charge is 0.251 e. The second-order valence-electron chi connectivity index (χ2n) is 12.5. The van der Waals surface area contributed by atoms with Crippen LogP contribution in [0.1, 0.15) is 58.2 Å². The normalized spacial score (nSPS) is 13.8. The van der Waals surface area contributed by atoms with E-state index in [1.807, 2.05) is 43.3 Å². The Morgan fingerprint density at radius 3 is 2.50 bits per heavy atom. The van der Waals surface area contributed by atoms with Crippen molar-refractivity contribution in [2.75, 3.05) is 43.1 Å². The Balaban J connectivity index is 1.33. The SMILES string of the molecule is CCCn1cncc1CS(=O)c1ccc(NC(=O)C2=Cc3cc(-c4ccc(OCCOCC)cc4)ccc3N(CC(C)C)CCC2)cc1. The van der Waals surface area contributed by atoms with Gasteiger partial charge in [0.1, 0.15) is 12.4 Å². The number of hydrogen-bond donors (Lipinski definition) is 1. The molecule has 0 saturated carbocycles. The molecule has 0 bridgehead atoms. The first-order valence-corrected chi connectivity index (χ1v) is 18.4. The van der Waals surface area contributed by atoms with E-state index < -0.39 is 10.8 Å². The second kappa shape index (κ2) is 17.3. The van der Waals surface area contributed by atoms with Gasteiger partial charge in [-0.1, -0.05) is 39.0 Å². The predicted molar refractivity (Wildman–Crippen MR) is 196 cm³/mol. The predicted octanol–water partition coefficient (Wildman–Crippen LogP) is 7.96. The summed E-state index contributed by atoms with van der Waals surface area (Å²) >= 11 is 0. The summed E-state index contributed by atoms with van der Waals surface area (Å²) in [5, 5.41) is 3.09. The summed E-state index contributed by atoms with van der Waals surface area (Å²) in [4.78, 5) is 21.1. The molecule has 1 atom stereocenters. The summed E-state index contributed by atoms with van der Waals surface area (Å²) in [6.07, 6.45) is 8.17. The molecule has 4 aromatic rings. The van der Waals surface area contributed by atoms with Crippen LogP contribution >= 0.6 is 0 Å². The van der Waals surface area contributed by atoms with E-state index in [1.165, 1.54) is 0 Å². The van der Waals surface area contributed by atoms with Crippen LogP contribution in [0, 0.1) is 5.92 Å². The van der Waals surface area contributed by atoms with E-state index in [0.717, 1.165) is 76.8 Å². The summed E-state index contributed by atoms with van der Waals surface area (Å²) in [7, 11) is -1.21. The fourth-order valence-corrected chi connectivity index (χ4v) is 7.04.